The molecule has 1 aliphatic heterocycles. The molecule has 0 unspecified atom stereocenters. The summed E-state index contributed by atoms with van der Waals surface area (Å²) >= 11 is 0. The number of nitrogens with zero attached hydrogens (tertiary/aromatic N) is 1. The van der Waals surface area contributed by atoms with Gasteiger partial charge in [-0.1, -0.05) is 0 Å². The molecule has 1 fully saturated rings. The van der Waals surface area contributed by atoms with Crippen LogP contribution in [0.2, 0.25) is 0 Å². The maximum atomic E-state index is 11.0. The number of nitrogens with one attached hydrogen (secondary N) is 3. The van der Waals surface area contributed by atoms with Crippen LogP contribution in [0.1, 0.15) is 25.5 Å². The lowest BCUT2D eigenvalue weighted by Gasteiger charge is -2.25. The Kier molecular flexibility index (Phi) is 8.53. The Balaban J connectivity index is 0.00000180. The second-order valence-corrected chi connectivity index (χ2v) is 4.68. The highest BCUT2D eigenvalue weighted by molar-refractivity contribution is 5.87. The molecule has 0 aromatic carbocycles. The molecule has 2 rings (SSSR count). The van der Waals surface area contributed by atoms with Crippen molar-refractivity contribution in [2.45, 2.75) is 32.7 Å². The predicted octanol–water partition coefficient (Wildman–Crippen LogP) is 2.36. The SMILES string of the molecule is CC(=O)Nc1ccc(NC2CCNCC2)c(C)n1.Cl.Cl. The first-order valence-electron chi connectivity index (χ1n) is 6.37. The number of rotatable bonds is 3. The quantitative estimate of drug-likeness (QED) is 0.799. The van der Waals surface area contributed by atoms with Crippen molar-refractivity contribution in [3.63, 3.8) is 0 Å². The second-order valence-electron chi connectivity index (χ2n) is 4.68. The molecule has 2 heterocycles. The third-order valence-corrected chi connectivity index (χ3v) is 3.09. The van der Waals surface area contributed by atoms with Gasteiger partial charge in [-0.2, -0.15) is 0 Å². The number of piperidine rings is 1. The van der Waals surface area contributed by atoms with Crippen LogP contribution >= 0.6 is 24.8 Å². The molecule has 1 amide bonds. The van der Waals surface area contributed by atoms with E-state index in [1.807, 2.05) is 19.1 Å². The molecule has 1 saturated heterocycles. The molecule has 0 saturated carbocycles. The fourth-order valence-corrected chi connectivity index (χ4v) is 2.15. The van der Waals surface area contributed by atoms with Crippen LogP contribution in [0.4, 0.5) is 11.5 Å². The Hall–Kier alpha value is -1.04. The number of carbonyl (C=O) groups excluding carboxylic acids is 1. The van der Waals surface area contributed by atoms with Crippen molar-refractivity contribution in [3.05, 3.63) is 17.8 Å². The Morgan fingerprint density at radius 3 is 2.50 bits per heavy atom. The monoisotopic (exact) mass is 320 g/mol. The molecule has 20 heavy (non-hydrogen) atoms. The summed E-state index contributed by atoms with van der Waals surface area (Å²) in [6.07, 6.45) is 2.26. The molecule has 1 aromatic rings. The smallest absolute Gasteiger partial charge is 0.222 e. The van der Waals surface area contributed by atoms with Crippen molar-refractivity contribution in [3.8, 4) is 0 Å². The largest absolute Gasteiger partial charge is 0.381 e. The van der Waals surface area contributed by atoms with E-state index in [1.54, 1.807) is 0 Å². The maximum absolute atomic E-state index is 11.0. The van der Waals surface area contributed by atoms with E-state index in [2.05, 4.69) is 20.9 Å². The molecular weight excluding hydrogens is 299 g/mol. The fraction of sp³-hybridized carbons (Fsp3) is 0.538. The van der Waals surface area contributed by atoms with Gasteiger partial charge in [0.05, 0.1) is 11.4 Å². The van der Waals surface area contributed by atoms with Crippen LogP contribution < -0.4 is 16.0 Å². The highest BCUT2D eigenvalue weighted by atomic mass is 35.5. The minimum absolute atomic E-state index is 0. The van der Waals surface area contributed by atoms with E-state index < -0.39 is 0 Å². The van der Waals surface area contributed by atoms with Crippen molar-refractivity contribution >= 4 is 42.2 Å². The van der Waals surface area contributed by atoms with Gasteiger partial charge in [0.25, 0.3) is 0 Å². The van der Waals surface area contributed by atoms with Crippen LogP contribution in [-0.2, 0) is 4.79 Å². The zero-order chi connectivity index (χ0) is 13.0. The Morgan fingerprint density at radius 2 is 1.95 bits per heavy atom. The van der Waals surface area contributed by atoms with Gasteiger partial charge in [-0.3, -0.25) is 4.79 Å². The zero-order valence-electron chi connectivity index (χ0n) is 11.7. The highest BCUT2D eigenvalue weighted by Crippen LogP contribution is 2.18. The van der Waals surface area contributed by atoms with E-state index in [0.29, 0.717) is 11.9 Å². The van der Waals surface area contributed by atoms with E-state index in [9.17, 15) is 4.79 Å². The lowest BCUT2D eigenvalue weighted by molar-refractivity contribution is -0.114. The third kappa shape index (κ3) is 5.53. The Labute approximate surface area is 132 Å². The van der Waals surface area contributed by atoms with Crippen LogP contribution in [0.15, 0.2) is 12.1 Å². The third-order valence-electron chi connectivity index (χ3n) is 3.09. The molecule has 1 aromatic heterocycles. The molecular formula is C13H22Cl2N4O. The molecule has 3 N–H and O–H groups in total. The Morgan fingerprint density at radius 1 is 1.30 bits per heavy atom. The van der Waals surface area contributed by atoms with Crippen molar-refractivity contribution in [1.82, 2.24) is 10.3 Å². The predicted molar refractivity (Wildman–Crippen MR) is 87.3 cm³/mol. The molecule has 0 bridgehead atoms. The van der Waals surface area contributed by atoms with Crippen LogP contribution in [0, 0.1) is 6.92 Å². The first-order valence-corrected chi connectivity index (χ1v) is 6.37. The van der Waals surface area contributed by atoms with Gasteiger partial charge in [0.15, 0.2) is 0 Å². The van der Waals surface area contributed by atoms with Crippen LogP contribution in [0.25, 0.3) is 0 Å². The number of amides is 1. The number of carbonyl (C=O) groups is 1. The van der Waals surface area contributed by atoms with E-state index in [4.69, 9.17) is 0 Å². The van der Waals surface area contributed by atoms with Gasteiger partial charge in [0, 0.05) is 13.0 Å². The van der Waals surface area contributed by atoms with E-state index >= 15 is 0 Å². The van der Waals surface area contributed by atoms with Gasteiger partial charge in [0.1, 0.15) is 5.82 Å². The zero-order valence-corrected chi connectivity index (χ0v) is 13.4. The molecule has 114 valence electrons. The average Bonchev–Trinajstić information content (AvgIpc) is 2.33. The van der Waals surface area contributed by atoms with Crippen molar-refractivity contribution in [2.24, 2.45) is 0 Å². The van der Waals surface area contributed by atoms with Gasteiger partial charge in [-0.15, -0.1) is 24.8 Å². The summed E-state index contributed by atoms with van der Waals surface area (Å²) in [4.78, 5) is 15.3. The van der Waals surface area contributed by atoms with Gasteiger partial charge >= 0.3 is 0 Å². The number of hydrogen-bond donors (Lipinski definition) is 3. The van der Waals surface area contributed by atoms with Gasteiger partial charge in [0.2, 0.25) is 5.91 Å². The summed E-state index contributed by atoms with van der Waals surface area (Å²) in [5.74, 6) is 0.511. The van der Waals surface area contributed by atoms with Gasteiger partial charge < -0.3 is 16.0 Å². The normalized spacial score (nSPS) is 14.7. The molecule has 0 radical (unpaired) electrons. The summed E-state index contributed by atoms with van der Waals surface area (Å²) in [6.45, 7) is 5.56. The highest BCUT2D eigenvalue weighted by Gasteiger charge is 2.13. The first kappa shape index (κ1) is 19.0. The van der Waals surface area contributed by atoms with Crippen LogP contribution in [0.3, 0.4) is 0 Å². The number of anilines is 2. The topological polar surface area (TPSA) is 66.1 Å². The van der Waals surface area contributed by atoms with Gasteiger partial charge in [-0.25, -0.2) is 4.98 Å². The van der Waals surface area contributed by atoms with Crippen LogP contribution in [0.5, 0.6) is 0 Å². The number of pyridine rings is 1. The maximum Gasteiger partial charge on any atom is 0.222 e. The van der Waals surface area contributed by atoms with Crippen molar-refractivity contribution < 1.29 is 4.79 Å². The summed E-state index contributed by atoms with van der Waals surface area (Å²) in [5.41, 5.74) is 1.97. The minimum Gasteiger partial charge on any atom is -0.381 e. The van der Waals surface area contributed by atoms with Crippen molar-refractivity contribution in [2.75, 3.05) is 23.7 Å². The van der Waals surface area contributed by atoms with Crippen LogP contribution in [-0.4, -0.2) is 30.0 Å². The lowest BCUT2D eigenvalue weighted by atomic mass is 10.1. The van der Waals surface area contributed by atoms with E-state index in [1.165, 1.54) is 6.92 Å². The standard InChI is InChI=1S/C13H20N4O.2ClH/c1-9-12(17-11-5-7-14-8-6-11)3-4-13(15-9)16-10(2)18;;/h3-4,11,14,17H,5-8H2,1-2H3,(H,15,16,18);2*1H. The molecule has 0 atom stereocenters. The summed E-state index contributed by atoms with van der Waals surface area (Å²) in [7, 11) is 0. The summed E-state index contributed by atoms with van der Waals surface area (Å²) < 4.78 is 0. The minimum atomic E-state index is -0.0963. The molecule has 0 spiro atoms. The molecule has 5 nitrogen and oxygen atoms in total. The first-order chi connectivity index (χ1) is 8.65. The second kappa shape index (κ2) is 9.00. The summed E-state index contributed by atoms with van der Waals surface area (Å²) in [5, 5.41) is 9.55. The number of aromatic nitrogens is 1. The fourth-order valence-electron chi connectivity index (χ4n) is 2.15. The number of aryl methyl sites for hydroxylation is 1. The molecule has 0 aliphatic carbocycles. The van der Waals surface area contributed by atoms with E-state index in [0.717, 1.165) is 37.3 Å². The lowest BCUT2D eigenvalue weighted by Crippen LogP contribution is -2.35. The number of hydrogen-bond acceptors (Lipinski definition) is 4. The Bertz CT molecular complexity index is 436. The molecule has 7 heteroatoms. The van der Waals surface area contributed by atoms with E-state index in [-0.39, 0.29) is 30.7 Å². The average molecular weight is 321 g/mol. The number of halogens is 2. The molecule has 1 aliphatic rings. The van der Waals surface area contributed by atoms with Gasteiger partial charge in [-0.05, 0) is 45.0 Å². The summed E-state index contributed by atoms with van der Waals surface area (Å²) in [6, 6.07) is 4.33. The van der Waals surface area contributed by atoms with Crippen molar-refractivity contribution in [1.29, 1.82) is 0 Å².